The van der Waals surface area contributed by atoms with E-state index < -0.39 is 0 Å². The standard InChI is InChI=1S/C26H31Cl/c1-2-19-3-5-20(6-4-19)21-7-9-22(10-8-21)23-11-13-24(14-12-23)25-15-17-26(27)18-16-25/h2,11-22H,1,3-10H2/t19-,20-,21?,22?. The molecule has 27 heavy (non-hydrogen) atoms. The largest absolute Gasteiger partial charge is 0.103 e. The van der Waals surface area contributed by atoms with Gasteiger partial charge < -0.3 is 0 Å². The molecule has 0 bridgehead atoms. The van der Waals surface area contributed by atoms with Gasteiger partial charge in [-0.15, -0.1) is 6.58 Å². The molecule has 2 saturated carbocycles. The van der Waals surface area contributed by atoms with Gasteiger partial charge in [-0.1, -0.05) is 54.1 Å². The monoisotopic (exact) mass is 378 g/mol. The summed E-state index contributed by atoms with van der Waals surface area (Å²) < 4.78 is 0. The fourth-order valence-electron chi connectivity index (χ4n) is 5.37. The van der Waals surface area contributed by atoms with Crippen molar-refractivity contribution in [1.29, 1.82) is 0 Å². The third-order valence-electron chi connectivity index (χ3n) is 7.15. The Morgan fingerprint density at radius 3 is 1.67 bits per heavy atom. The minimum Gasteiger partial charge on any atom is -0.103 e. The number of allylic oxidation sites excluding steroid dienone is 1. The summed E-state index contributed by atoms with van der Waals surface area (Å²) in [6.07, 6.45) is 13.4. The Kier molecular flexibility index (Phi) is 6.03. The highest BCUT2D eigenvalue weighted by molar-refractivity contribution is 6.30. The van der Waals surface area contributed by atoms with Crippen LogP contribution in [0.1, 0.15) is 62.8 Å². The topological polar surface area (TPSA) is 0 Å². The van der Waals surface area contributed by atoms with Crippen LogP contribution in [0.25, 0.3) is 11.1 Å². The maximum Gasteiger partial charge on any atom is 0.0406 e. The second kappa shape index (κ2) is 8.65. The van der Waals surface area contributed by atoms with E-state index >= 15 is 0 Å². The molecule has 0 radical (unpaired) electrons. The zero-order chi connectivity index (χ0) is 18.6. The quantitative estimate of drug-likeness (QED) is 0.469. The van der Waals surface area contributed by atoms with Crippen LogP contribution in [-0.2, 0) is 0 Å². The van der Waals surface area contributed by atoms with Crippen LogP contribution >= 0.6 is 11.6 Å². The van der Waals surface area contributed by atoms with Gasteiger partial charge in [-0.2, -0.15) is 0 Å². The summed E-state index contributed by atoms with van der Waals surface area (Å²) >= 11 is 6.00. The average molecular weight is 379 g/mol. The Bertz CT molecular complexity index is 727. The van der Waals surface area contributed by atoms with Gasteiger partial charge >= 0.3 is 0 Å². The maximum atomic E-state index is 6.00. The second-order valence-corrected chi connectivity index (χ2v) is 9.09. The molecule has 0 nitrogen and oxygen atoms in total. The normalized spacial score (nSPS) is 28.6. The van der Waals surface area contributed by atoms with Crippen molar-refractivity contribution in [2.24, 2.45) is 17.8 Å². The zero-order valence-electron chi connectivity index (χ0n) is 16.2. The summed E-state index contributed by atoms with van der Waals surface area (Å²) in [5, 5.41) is 0.796. The number of hydrogen-bond donors (Lipinski definition) is 0. The smallest absolute Gasteiger partial charge is 0.0406 e. The molecule has 0 amide bonds. The van der Waals surface area contributed by atoms with E-state index in [1.54, 1.807) is 0 Å². The van der Waals surface area contributed by atoms with Crippen LogP contribution in [-0.4, -0.2) is 0 Å². The summed E-state index contributed by atoms with van der Waals surface area (Å²) in [5.74, 6) is 3.50. The first kappa shape index (κ1) is 18.8. The zero-order valence-corrected chi connectivity index (χ0v) is 17.0. The Balaban J connectivity index is 1.33. The predicted octanol–water partition coefficient (Wildman–Crippen LogP) is 8.27. The van der Waals surface area contributed by atoms with Gasteiger partial charge in [0, 0.05) is 5.02 Å². The van der Waals surface area contributed by atoms with Crippen LogP contribution < -0.4 is 0 Å². The third kappa shape index (κ3) is 4.49. The number of hydrogen-bond acceptors (Lipinski definition) is 0. The van der Waals surface area contributed by atoms with E-state index in [1.165, 1.54) is 68.1 Å². The molecule has 2 aromatic rings. The Morgan fingerprint density at radius 2 is 1.15 bits per heavy atom. The molecular formula is C26H31Cl. The summed E-state index contributed by atoms with van der Waals surface area (Å²) in [6.45, 7) is 3.99. The highest BCUT2D eigenvalue weighted by Gasteiger charge is 2.30. The number of rotatable bonds is 4. The van der Waals surface area contributed by atoms with Crippen LogP contribution in [0.15, 0.2) is 61.2 Å². The lowest BCUT2D eigenvalue weighted by atomic mass is 9.68. The lowest BCUT2D eigenvalue weighted by molar-refractivity contribution is 0.171. The van der Waals surface area contributed by atoms with Gasteiger partial charge in [-0.25, -0.2) is 0 Å². The molecule has 2 fully saturated rings. The van der Waals surface area contributed by atoms with E-state index in [-0.39, 0.29) is 0 Å². The SMILES string of the molecule is C=C[C@H]1CC[C@H](C2CCC(c3ccc(-c4ccc(Cl)cc4)cc3)CC2)CC1. The predicted molar refractivity (Wildman–Crippen MR) is 117 cm³/mol. The molecule has 0 N–H and O–H groups in total. The number of halogens is 1. The molecule has 4 rings (SSSR count). The van der Waals surface area contributed by atoms with Crippen LogP contribution in [0.3, 0.4) is 0 Å². The van der Waals surface area contributed by atoms with Gasteiger partial charge in [0.05, 0.1) is 0 Å². The fourth-order valence-corrected chi connectivity index (χ4v) is 5.49. The highest BCUT2D eigenvalue weighted by atomic mass is 35.5. The first-order valence-electron chi connectivity index (χ1n) is 10.7. The van der Waals surface area contributed by atoms with Crippen molar-refractivity contribution < 1.29 is 0 Å². The van der Waals surface area contributed by atoms with Crippen LogP contribution in [0, 0.1) is 17.8 Å². The molecule has 2 aliphatic rings. The van der Waals surface area contributed by atoms with Gasteiger partial charge in [0.15, 0.2) is 0 Å². The summed E-state index contributed by atoms with van der Waals surface area (Å²) in [6, 6.07) is 17.4. The van der Waals surface area contributed by atoms with Crippen LogP contribution in [0.2, 0.25) is 5.02 Å². The van der Waals surface area contributed by atoms with Crippen LogP contribution in [0.4, 0.5) is 0 Å². The minimum atomic E-state index is 0.755. The van der Waals surface area contributed by atoms with E-state index in [9.17, 15) is 0 Å². The first-order chi connectivity index (χ1) is 13.2. The molecule has 0 aliphatic heterocycles. The Labute approximate surface area is 169 Å². The molecule has 142 valence electrons. The first-order valence-corrected chi connectivity index (χ1v) is 11.1. The van der Waals surface area contributed by atoms with E-state index in [0.717, 1.165) is 28.7 Å². The third-order valence-corrected chi connectivity index (χ3v) is 7.40. The fraction of sp³-hybridized carbons (Fsp3) is 0.462. The van der Waals surface area contributed by atoms with Gasteiger partial charge in [0.25, 0.3) is 0 Å². The second-order valence-electron chi connectivity index (χ2n) is 8.65. The molecule has 1 heteroatoms. The lowest BCUT2D eigenvalue weighted by Gasteiger charge is -2.37. The van der Waals surface area contributed by atoms with Crippen molar-refractivity contribution in [2.45, 2.75) is 57.3 Å². The molecule has 0 heterocycles. The molecule has 0 spiro atoms. The average Bonchev–Trinajstić information content (AvgIpc) is 2.75. The van der Waals surface area contributed by atoms with E-state index in [0.29, 0.717) is 0 Å². The molecular weight excluding hydrogens is 348 g/mol. The summed E-state index contributed by atoms with van der Waals surface area (Å²) in [5.41, 5.74) is 4.05. The highest BCUT2D eigenvalue weighted by Crippen LogP contribution is 2.44. The molecule has 0 atom stereocenters. The van der Waals surface area contributed by atoms with Crippen molar-refractivity contribution in [3.05, 3.63) is 71.8 Å². The van der Waals surface area contributed by atoms with Crippen molar-refractivity contribution in [1.82, 2.24) is 0 Å². The summed E-state index contributed by atoms with van der Waals surface area (Å²) in [7, 11) is 0. The van der Waals surface area contributed by atoms with Gasteiger partial charge in [0.2, 0.25) is 0 Å². The molecule has 0 saturated heterocycles. The van der Waals surface area contributed by atoms with Crippen molar-refractivity contribution in [3.8, 4) is 11.1 Å². The van der Waals surface area contributed by atoms with E-state index in [2.05, 4.69) is 49.1 Å². The Morgan fingerprint density at radius 1 is 0.667 bits per heavy atom. The van der Waals surface area contributed by atoms with Gasteiger partial charge in [-0.05, 0) is 104 Å². The van der Waals surface area contributed by atoms with Crippen molar-refractivity contribution in [2.75, 3.05) is 0 Å². The van der Waals surface area contributed by atoms with Crippen molar-refractivity contribution in [3.63, 3.8) is 0 Å². The van der Waals surface area contributed by atoms with Crippen LogP contribution in [0.5, 0.6) is 0 Å². The molecule has 2 aliphatic carbocycles. The number of benzene rings is 2. The van der Waals surface area contributed by atoms with E-state index in [1.807, 2.05) is 12.1 Å². The Hall–Kier alpha value is -1.53. The van der Waals surface area contributed by atoms with Gasteiger partial charge in [-0.3, -0.25) is 0 Å². The van der Waals surface area contributed by atoms with Gasteiger partial charge in [0.1, 0.15) is 0 Å². The molecule has 0 aromatic heterocycles. The molecule has 0 unspecified atom stereocenters. The summed E-state index contributed by atoms with van der Waals surface area (Å²) in [4.78, 5) is 0. The van der Waals surface area contributed by atoms with E-state index in [4.69, 9.17) is 11.6 Å². The van der Waals surface area contributed by atoms with Crippen molar-refractivity contribution >= 4 is 11.6 Å². The molecule has 2 aromatic carbocycles. The maximum absolute atomic E-state index is 6.00. The minimum absolute atomic E-state index is 0.755. The lowest BCUT2D eigenvalue weighted by Crippen LogP contribution is -2.25.